The van der Waals surface area contributed by atoms with Crippen molar-refractivity contribution in [2.75, 3.05) is 26.7 Å². The highest BCUT2D eigenvalue weighted by atomic mass is 35.5. The van der Waals surface area contributed by atoms with Crippen LogP contribution in [0.15, 0.2) is 12.1 Å². The van der Waals surface area contributed by atoms with Gasteiger partial charge in [0.2, 0.25) is 0 Å². The minimum Gasteiger partial charge on any atom is -0.395 e. The number of rotatable bonds is 5. The summed E-state index contributed by atoms with van der Waals surface area (Å²) in [6.45, 7) is 0.886. The molecule has 0 bridgehead atoms. The van der Waals surface area contributed by atoms with Crippen molar-refractivity contribution in [3.63, 3.8) is 0 Å². The summed E-state index contributed by atoms with van der Waals surface area (Å²) in [6.07, 6.45) is 0. The Morgan fingerprint density at radius 1 is 1.64 bits per heavy atom. The number of nitrogens with zero attached hydrogens (tertiary/aromatic N) is 1. The zero-order valence-electron chi connectivity index (χ0n) is 7.86. The highest BCUT2D eigenvalue weighted by Gasteiger charge is 2.10. The Bertz CT molecular complexity index is 314. The van der Waals surface area contributed by atoms with Crippen LogP contribution in [0.2, 0.25) is 4.34 Å². The molecule has 0 atom stereocenters. The lowest BCUT2D eigenvalue weighted by Gasteiger charge is -2.12. The van der Waals surface area contributed by atoms with Crippen LogP contribution in [0.3, 0.4) is 0 Å². The smallest absolute Gasteiger partial charge is 0.186 e. The summed E-state index contributed by atoms with van der Waals surface area (Å²) in [7, 11) is 1.79. The number of likely N-dealkylation sites (N-methyl/N-ethyl adjacent to an activating group) is 1. The van der Waals surface area contributed by atoms with Gasteiger partial charge in [0.1, 0.15) is 0 Å². The average Bonchev–Trinajstić information content (AvgIpc) is 2.52. The van der Waals surface area contributed by atoms with E-state index in [0.29, 0.717) is 22.3 Å². The number of hydrogen-bond donors (Lipinski definition) is 1. The van der Waals surface area contributed by atoms with Gasteiger partial charge in [0.05, 0.1) is 22.4 Å². The summed E-state index contributed by atoms with van der Waals surface area (Å²) in [6, 6.07) is 3.44. The van der Waals surface area contributed by atoms with E-state index in [0.717, 1.165) is 0 Å². The first kappa shape index (κ1) is 11.7. The molecule has 0 saturated heterocycles. The Hall–Kier alpha value is -0.420. The minimum absolute atomic E-state index is 0.0397. The summed E-state index contributed by atoms with van der Waals surface area (Å²) < 4.78 is 0.623. The largest absolute Gasteiger partial charge is 0.395 e. The molecule has 0 unspecified atom stereocenters. The van der Waals surface area contributed by atoms with E-state index in [9.17, 15) is 4.79 Å². The van der Waals surface area contributed by atoms with Gasteiger partial charge in [-0.05, 0) is 19.2 Å². The lowest BCUT2D eigenvalue weighted by atomic mass is 10.3. The number of carbonyl (C=O) groups excluding carboxylic acids is 1. The van der Waals surface area contributed by atoms with Crippen LogP contribution in [0.4, 0.5) is 0 Å². The first-order valence-corrected chi connectivity index (χ1v) is 5.41. The molecule has 1 N–H and O–H groups in total. The predicted molar refractivity (Wildman–Crippen MR) is 58.2 cm³/mol. The second-order valence-electron chi connectivity index (χ2n) is 2.99. The molecule has 0 spiro atoms. The highest BCUT2D eigenvalue weighted by Crippen LogP contribution is 2.21. The fraction of sp³-hybridized carbons (Fsp3) is 0.444. The molecule has 0 aliphatic carbocycles. The van der Waals surface area contributed by atoms with E-state index < -0.39 is 0 Å². The van der Waals surface area contributed by atoms with Gasteiger partial charge in [-0.1, -0.05) is 11.6 Å². The quantitative estimate of drug-likeness (QED) is 0.784. The molecule has 0 saturated carbocycles. The van der Waals surface area contributed by atoms with Gasteiger partial charge in [-0.25, -0.2) is 0 Å². The molecule has 1 heterocycles. The summed E-state index contributed by atoms with van der Waals surface area (Å²) >= 11 is 7.00. The van der Waals surface area contributed by atoms with E-state index in [4.69, 9.17) is 16.7 Å². The van der Waals surface area contributed by atoms with Crippen LogP contribution < -0.4 is 0 Å². The van der Waals surface area contributed by atoms with Crippen molar-refractivity contribution < 1.29 is 9.90 Å². The molecule has 0 aliphatic heterocycles. The van der Waals surface area contributed by atoms with E-state index in [1.54, 1.807) is 24.1 Å². The SMILES string of the molecule is CN(CCO)CC(=O)c1ccc(Cl)s1. The zero-order chi connectivity index (χ0) is 10.6. The molecule has 1 aromatic heterocycles. The van der Waals surface area contributed by atoms with Crippen LogP contribution in [0.25, 0.3) is 0 Å². The molecular formula is C9H12ClNO2S. The number of carbonyl (C=O) groups is 1. The van der Waals surface area contributed by atoms with Crippen LogP contribution in [-0.4, -0.2) is 42.5 Å². The van der Waals surface area contributed by atoms with Gasteiger partial charge in [0, 0.05) is 6.54 Å². The number of ketones is 1. The Labute approximate surface area is 91.9 Å². The molecule has 0 radical (unpaired) electrons. The molecule has 1 rings (SSSR count). The number of hydrogen-bond acceptors (Lipinski definition) is 4. The predicted octanol–water partition coefficient (Wildman–Crippen LogP) is 1.51. The molecule has 14 heavy (non-hydrogen) atoms. The van der Waals surface area contributed by atoms with Crippen molar-refractivity contribution >= 4 is 28.7 Å². The first-order chi connectivity index (χ1) is 6.63. The third-order valence-electron chi connectivity index (χ3n) is 1.74. The monoisotopic (exact) mass is 233 g/mol. The van der Waals surface area contributed by atoms with Gasteiger partial charge in [-0.3, -0.25) is 9.69 Å². The van der Waals surface area contributed by atoms with Crippen LogP contribution in [0.5, 0.6) is 0 Å². The van der Waals surface area contributed by atoms with Gasteiger partial charge in [0.25, 0.3) is 0 Å². The number of thiophene rings is 1. The van der Waals surface area contributed by atoms with E-state index in [1.165, 1.54) is 11.3 Å². The summed E-state index contributed by atoms with van der Waals surface area (Å²) in [5.74, 6) is 0.0397. The summed E-state index contributed by atoms with van der Waals surface area (Å²) in [5.41, 5.74) is 0. The summed E-state index contributed by atoms with van der Waals surface area (Å²) in [5, 5.41) is 8.65. The van der Waals surface area contributed by atoms with Crippen molar-refractivity contribution in [3.05, 3.63) is 21.3 Å². The molecule has 0 aliphatic rings. The Morgan fingerprint density at radius 3 is 2.86 bits per heavy atom. The Balaban J connectivity index is 2.50. The normalized spacial score (nSPS) is 10.9. The molecule has 0 amide bonds. The van der Waals surface area contributed by atoms with Crippen LogP contribution in [-0.2, 0) is 0 Å². The van der Waals surface area contributed by atoms with Crippen molar-refractivity contribution in [1.82, 2.24) is 4.90 Å². The standard InChI is InChI=1S/C9H12ClNO2S/c1-11(4-5-12)6-7(13)8-2-3-9(10)14-8/h2-3,12H,4-6H2,1H3. The van der Waals surface area contributed by atoms with Gasteiger partial charge < -0.3 is 5.11 Å². The molecule has 0 aromatic carbocycles. The third kappa shape index (κ3) is 3.38. The van der Waals surface area contributed by atoms with Crippen molar-refractivity contribution in [3.8, 4) is 0 Å². The Morgan fingerprint density at radius 2 is 2.36 bits per heavy atom. The van der Waals surface area contributed by atoms with E-state index in [-0.39, 0.29) is 12.4 Å². The molecule has 5 heteroatoms. The lowest BCUT2D eigenvalue weighted by molar-refractivity contribution is 0.0940. The van der Waals surface area contributed by atoms with Crippen LogP contribution in [0, 0.1) is 0 Å². The average molecular weight is 234 g/mol. The second kappa shape index (κ2) is 5.46. The topological polar surface area (TPSA) is 40.5 Å². The molecule has 0 fully saturated rings. The molecule has 78 valence electrons. The van der Waals surface area contributed by atoms with E-state index in [1.807, 2.05) is 0 Å². The lowest BCUT2D eigenvalue weighted by Crippen LogP contribution is -2.28. The maximum atomic E-state index is 11.6. The molecule has 1 aromatic rings. The minimum atomic E-state index is 0.0397. The number of Topliss-reactive ketones (excluding diaryl/α,β-unsaturated/α-hetero) is 1. The van der Waals surface area contributed by atoms with E-state index in [2.05, 4.69) is 0 Å². The van der Waals surface area contributed by atoms with Gasteiger partial charge in [-0.15, -0.1) is 11.3 Å². The van der Waals surface area contributed by atoms with Crippen molar-refractivity contribution in [2.45, 2.75) is 0 Å². The maximum absolute atomic E-state index is 11.6. The zero-order valence-corrected chi connectivity index (χ0v) is 9.44. The van der Waals surface area contributed by atoms with E-state index >= 15 is 0 Å². The second-order valence-corrected chi connectivity index (χ2v) is 4.70. The highest BCUT2D eigenvalue weighted by molar-refractivity contribution is 7.18. The Kier molecular flexibility index (Phi) is 4.54. The molecular weight excluding hydrogens is 222 g/mol. The summed E-state index contributed by atoms with van der Waals surface area (Å²) in [4.78, 5) is 14.0. The maximum Gasteiger partial charge on any atom is 0.186 e. The first-order valence-electron chi connectivity index (χ1n) is 4.21. The van der Waals surface area contributed by atoms with Gasteiger partial charge in [-0.2, -0.15) is 0 Å². The van der Waals surface area contributed by atoms with Crippen LogP contribution >= 0.6 is 22.9 Å². The van der Waals surface area contributed by atoms with Gasteiger partial charge >= 0.3 is 0 Å². The number of aliphatic hydroxyl groups excluding tert-OH is 1. The van der Waals surface area contributed by atoms with Crippen molar-refractivity contribution in [1.29, 1.82) is 0 Å². The van der Waals surface area contributed by atoms with Crippen LogP contribution in [0.1, 0.15) is 9.67 Å². The number of aliphatic hydroxyl groups is 1. The molecule has 3 nitrogen and oxygen atoms in total. The van der Waals surface area contributed by atoms with Crippen molar-refractivity contribution in [2.24, 2.45) is 0 Å². The fourth-order valence-electron chi connectivity index (χ4n) is 1.04. The van der Waals surface area contributed by atoms with Gasteiger partial charge in [0.15, 0.2) is 5.78 Å². The number of halogens is 1. The third-order valence-corrected chi connectivity index (χ3v) is 3.02. The fourth-order valence-corrected chi connectivity index (χ4v) is 2.01.